The number of rotatable bonds is 5. The lowest BCUT2D eigenvalue weighted by atomic mass is 10.0. The summed E-state index contributed by atoms with van der Waals surface area (Å²) >= 11 is 5.96. The Hall–Kier alpha value is -3.30. The predicted molar refractivity (Wildman–Crippen MR) is 111 cm³/mol. The third kappa shape index (κ3) is 3.77. The SMILES string of the molecule is COc1nccc2c(=O)n(Cc3nc([C@@H]4CO[C@@H](c5ccc(Cl)cc5)C4)no3)cnc12. The lowest BCUT2D eigenvalue weighted by molar-refractivity contribution is 0.110. The van der Waals surface area contributed by atoms with Gasteiger partial charge in [-0.2, -0.15) is 4.98 Å². The van der Waals surface area contributed by atoms with Gasteiger partial charge in [-0.1, -0.05) is 28.9 Å². The number of nitrogens with zero attached hydrogens (tertiary/aromatic N) is 5. The van der Waals surface area contributed by atoms with Gasteiger partial charge in [-0.05, 0) is 30.2 Å². The van der Waals surface area contributed by atoms with Crippen LogP contribution in [0.1, 0.15) is 35.7 Å². The maximum atomic E-state index is 12.8. The Morgan fingerprint density at radius 1 is 1.23 bits per heavy atom. The van der Waals surface area contributed by atoms with E-state index in [-0.39, 0.29) is 24.1 Å². The van der Waals surface area contributed by atoms with Crippen LogP contribution >= 0.6 is 11.6 Å². The van der Waals surface area contributed by atoms with Gasteiger partial charge in [0.1, 0.15) is 12.1 Å². The smallest absolute Gasteiger partial charge is 0.261 e. The molecule has 3 aromatic heterocycles. The molecule has 0 N–H and O–H groups in total. The molecule has 2 atom stereocenters. The van der Waals surface area contributed by atoms with Crippen molar-refractivity contribution in [1.29, 1.82) is 0 Å². The summed E-state index contributed by atoms with van der Waals surface area (Å²) in [6.07, 6.45) is 3.63. The minimum Gasteiger partial charge on any atom is -0.479 e. The van der Waals surface area contributed by atoms with E-state index in [0.717, 1.165) is 12.0 Å². The van der Waals surface area contributed by atoms with E-state index in [0.29, 0.717) is 40.1 Å². The van der Waals surface area contributed by atoms with E-state index < -0.39 is 0 Å². The summed E-state index contributed by atoms with van der Waals surface area (Å²) in [5, 5.41) is 5.20. The van der Waals surface area contributed by atoms with Crippen LogP contribution in [0.4, 0.5) is 0 Å². The molecule has 0 aliphatic carbocycles. The zero-order valence-corrected chi connectivity index (χ0v) is 17.3. The van der Waals surface area contributed by atoms with Crippen LogP contribution < -0.4 is 10.3 Å². The first-order valence-electron chi connectivity index (χ1n) is 9.70. The highest BCUT2D eigenvalue weighted by Gasteiger charge is 2.31. The zero-order valence-electron chi connectivity index (χ0n) is 16.6. The van der Waals surface area contributed by atoms with Crippen LogP contribution in [-0.4, -0.2) is 38.4 Å². The molecule has 0 amide bonds. The third-order valence-electron chi connectivity index (χ3n) is 5.30. The highest BCUT2D eigenvalue weighted by Crippen LogP contribution is 2.37. The standard InChI is InChI=1S/C21H18ClN5O4/c1-29-20-18-15(6-7-23-20)21(28)27(11-24-18)9-17-25-19(26-31-17)13-8-16(30-10-13)12-2-4-14(22)5-3-12/h2-7,11,13,16H,8-10H2,1H3/t13-,16+/m0/s1. The van der Waals surface area contributed by atoms with Crippen LogP contribution in [-0.2, 0) is 11.3 Å². The van der Waals surface area contributed by atoms with Crippen LogP contribution in [0.2, 0.25) is 5.02 Å². The molecule has 0 saturated carbocycles. The minimum atomic E-state index is -0.238. The molecule has 4 heterocycles. The molecule has 1 aromatic carbocycles. The lowest BCUT2D eigenvalue weighted by Gasteiger charge is -2.09. The number of aromatic nitrogens is 5. The molecule has 0 bridgehead atoms. The average molecular weight is 440 g/mol. The van der Waals surface area contributed by atoms with Crippen molar-refractivity contribution in [2.45, 2.75) is 25.0 Å². The molecule has 158 valence electrons. The second-order valence-corrected chi connectivity index (χ2v) is 7.68. The molecule has 0 radical (unpaired) electrons. The molecule has 10 heteroatoms. The molecule has 1 aliphatic heterocycles. The fraction of sp³-hybridized carbons (Fsp3) is 0.286. The molecule has 4 aromatic rings. The van der Waals surface area contributed by atoms with Crippen molar-refractivity contribution in [2.75, 3.05) is 13.7 Å². The van der Waals surface area contributed by atoms with Crippen molar-refractivity contribution in [1.82, 2.24) is 24.7 Å². The van der Waals surface area contributed by atoms with Crippen LogP contribution in [0, 0.1) is 0 Å². The first kappa shape index (κ1) is 19.7. The van der Waals surface area contributed by atoms with E-state index in [2.05, 4.69) is 20.1 Å². The summed E-state index contributed by atoms with van der Waals surface area (Å²) in [5.41, 5.74) is 1.24. The molecule has 1 saturated heterocycles. The van der Waals surface area contributed by atoms with Crippen LogP contribution in [0.25, 0.3) is 10.9 Å². The molecule has 1 aliphatic rings. The number of ether oxygens (including phenoxy) is 2. The van der Waals surface area contributed by atoms with Crippen molar-refractivity contribution in [2.24, 2.45) is 0 Å². The molecule has 0 unspecified atom stereocenters. The van der Waals surface area contributed by atoms with E-state index in [1.54, 1.807) is 6.07 Å². The average Bonchev–Trinajstić information content (AvgIpc) is 3.46. The second kappa shape index (κ2) is 8.09. The van der Waals surface area contributed by atoms with Crippen molar-refractivity contribution >= 4 is 22.5 Å². The lowest BCUT2D eigenvalue weighted by Crippen LogP contribution is -2.21. The van der Waals surface area contributed by atoms with E-state index in [1.165, 1.54) is 24.2 Å². The van der Waals surface area contributed by atoms with Gasteiger partial charge in [0.15, 0.2) is 5.82 Å². The van der Waals surface area contributed by atoms with Gasteiger partial charge in [0, 0.05) is 17.1 Å². The molecule has 1 fully saturated rings. The quantitative estimate of drug-likeness (QED) is 0.467. The van der Waals surface area contributed by atoms with Gasteiger partial charge in [0.25, 0.3) is 5.56 Å². The Balaban J connectivity index is 1.33. The summed E-state index contributed by atoms with van der Waals surface area (Å²) in [6.45, 7) is 0.615. The van der Waals surface area contributed by atoms with Gasteiger partial charge >= 0.3 is 0 Å². The van der Waals surface area contributed by atoms with Gasteiger partial charge in [0.05, 0.1) is 31.5 Å². The number of hydrogen-bond donors (Lipinski definition) is 0. The summed E-state index contributed by atoms with van der Waals surface area (Å²) < 4.78 is 17.9. The van der Waals surface area contributed by atoms with Crippen LogP contribution in [0.5, 0.6) is 5.88 Å². The van der Waals surface area contributed by atoms with Crippen molar-refractivity contribution in [3.8, 4) is 5.88 Å². The highest BCUT2D eigenvalue weighted by molar-refractivity contribution is 6.30. The topological polar surface area (TPSA) is 105 Å². The molecule has 9 nitrogen and oxygen atoms in total. The summed E-state index contributed by atoms with van der Waals surface area (Å²) in [7, 11) is 1.49. The molecule has 5 rings (SSSR count). The van der Waals surface area contributed by atoms with Gasteiger partial charge in [-0.15, -0.1) is 0 Å². The molecule has 0 spiro atoms. The Labute approximate surface area is 181 Å². The maximum absolute atomic E-state index is 12.8. The predicted octanol–water partition coefficient (Wildman–Crippen LogP) is 3.13. The number of methoxy groups -OCH3 is 1. The zero-order chi connectivity index (χ0) is 21.4. The number of fused-ring (bicyclic) bond motifs is 1. The first-order chi connectivity index (χ1) is 15.1. The fourth-order valence-corrected chi connectivity index (χ4v) is 3.81. The number of pyridine rings is 1. The molecule has 31 heavy (non-hydrogen) atoms. The van der Waals surface area contributed by atoms with E-state index in [4.69, 9.17) is 25.6 Å². The van der Waals surface area contributed by atoms with Crippen molar-refractivity contribution in [3.05, 3.63) is 75.5 Å². The Morgan fingerprint density at radius 2 is 2.06 bits per heavy atom. The normalized spacial score (nSPS) is 18.5. The summed E-state index contributed by atoms with van der Waals surface area (Å²) in [4.78, 5) is 25.7. The summed E-state index contributed by atoms with van der Waals surface area (Å²) in [6, 6.07) is 9.22. The third-order valence-corrected chi connectivity index (χ3v) is 5.55. The first-order valence-corrected chi connectivity index (χ1v) is 10.1. The van der Waals surface area contributed by atoms with Gasteiger partial charge in [-0.3, -0.25) is 9.36 Å². The van der Waals surface area contributed by atoms with Crippen molar-refractivity contribution < 1.29 is 14.0 Å². The molecular formula is C21H18ClN5O4. The van der Waals surface area contributed by atoms with E-state index in [9.17, 15) is 4.79 Å². The van der Waals surface area contributed by atoms with Gasteiger partial charge < -0.3 is 14.0 Å². The monoisotopic (exact) mass is 439 g/mol. The minimum absolute atomic E-state index is 0.0139. The van der Waals surface area contributed by atoms with Crippen molar-refractivity contribution in [3.63, 3.8) is 0 Å². The number of halogens is 1. The second-order valence-electron chi connectivity index (χ2n) is 7.25. The Morgan fingerprint density at radius 3 is 2.87 bits per heavy atom. The number of hydrogen-bond acceptors (Lipinski definition) is 8. The van der Waals surface area contributed by atoms with E-state index in [1.807, 2.05) is 24.3 Å². The largest absolute Gasteiger partial charge is 0.479 e. The van der Waals surface area contributed by atoms with Gasteiger partial charge in [0.2, 0.25) is 11.8 Å². The van der Waals surface area contributed by atoms with Gasteiger partial charge in [-0.25, -0.2) is 9.97 Å². The fourth-order valence-electron chi connectivity index (χ4n) is 3.69. The Bertz CT molecular complexity index is 1290. The van der Waals surface area contributed by atoms with Crippen LogP contribution in [0.3, 0.4) is 0 Å². The summed E-state index contributed by atoms with van der Waals surface area (Å²) in [5.74, 6) is 1.21. The maximum Gasteiger partial charge on any atom is 0.261 e. The number of benzene rings is 1. The van der Waals surface area contributed by atoms with Crippen LogP contribution in [0.15, 0.2) is 52.2 Å². The molecular weight excluding hydrogens is 422 g/mol. The highest BCUT2D eigenvalue weighted by atomic mass is 35.5. The van der Waals surface area contributed by atoms with E-state index >= 15 is 0 Å². The Kier molecular flexibility index (Phi) is 5.13.